The SMILES string of the molecule is CC(C)(C)OC(=O)Nc1cc(Cl)ccc1CC(O)C(F)(F)F. The number of hydrogen-bond acceptors (Lipinski definition) is 3. The minimum absolute atomic E-state index is 0.0602. The van der Waals surface area contributed by atoms with Gasteiger partial charge in [0.2, 0.25) is 0 Å². The van der Waals surface area contributed by atoms with Gasteiger partial charge in [-0.3, -0.25) is 5.32 Å². The molecule has 0 aliphatic carbocycles. The minimum atomic E-state index is -4.75. The van der Waals surface area contributed by atoms with Crippen LogP contribution in [0.25, 0.3) is 0 Å². The number of anilines is 1. The average Bonchev–Trinajstić information content (AvgIpc) is 2.28. The zero-order valence-corrected chi connectivity index (χ0v) is 13.0. The monoisotopic (exact) mass is 339 g/mol. The molecule has 1 atom stereocenters. The summed E-state index contributed by atoms with van der Waals surface area (Å²) in [4.78, 5) is 11.7. The first-order valence-corrected chi connectivity index (χ1v) is 6.79. The van der Waals surface area contributed by atoms with Crippen LogP contribution in [0.2, 0.25) is 5.02 Å². The molecule has 124 valence electrons. The van der Waals surface area contributed by atoms with Crippen LogP contribution in [0.5, 0.6) is 0 Å². The number of aliphatic hydroxyl groups excluding tert-OH is 1. The number of amides is 1. The van der Waals surface area contributed by atoms with Gasteiger partial charge in [0.05, 0.1) is 0 Å². The van der Waals surface area contributed by atoms with Crippen LogP contribution in [0.3, 0.4) is 0 Å². The van der Waals surface area contributed by atoms with Gasteiger partial charge in [-0.15, -0.1) is 0 Å². The van der Waals surface area contributed by atoms with Gasteiger partial charge in [-0.25, -0.2) is 4.79 Å². The van der Waals surface area contributed by atoms with Gasteiger partial charge < -0.3 is 9.84 Å². The molecule has 1 unspecified atom stereocenters. The third-order valence-corrected chi connectivity index (χ3v) is 2.73. The largest absolute Gasteiger partial charge is 0.444 e. The summed E-state index contributed by atoms with van der Waals surface area (Å²) in [5.41, 5.74) is -0.598. The molecule has 22 heavy (non-hydrogen) atoms. The van der Waals surface area contributed by atoms with Crippen molar-refractivity contribution in [3.05, 3.63) is 28.8 Å². The highest BCUT2D eigenvalue weighted by Gasteiger charge is 2.38. The van der Waals surface area contributed by atoms with Crippen LogP contribution in [0, 0.1) is 0 Å². The molecule has 0 radical (unpaired) electrons. The lowest BCUT2D eigenvalue weighted by atomic mass is 10.1. The Bertz CT molecular complexity index is 541. The van der Waals surface area contributed by atoms with E-state index in [1.165, 1.54) is 18.2 Å². The van der Waals surface area contributed by atoms with Crippen LogP contribution in [0.4, 0.5) is 23.7 Å². The highest BCUT2D eigenvalue weighted by Crippen LogP contribution is 2.28. The summed E-state index contributed by atoms with van der Waals surface area (Å²) < 4.78 is 42.4. The maximum Gasteiger partial charge on any atom is 0.414 e. The van der Waals surface area contributed by atoms with Crippen molar-refractivity contribution in [3.8, 4) is 0 Å². The Balaban J connectivity index is 2.94. The third kappa shape index (κ3) is 6.11. The maximum absolute atomic E-state index is 12.4. The number of benzene rings is 1. The smallest absolute Gasteiger partial charge is 0.414 e. The number of halogens is 4. The van der Waals surface area contributed by atoms with Crippen LogP contribution in [0.15, 0.2) is 18.2 Å². The van der Waals surface area contributed by atoms with E-state index in [2.05, 4.69) is 5.32 Å². The first-order valence-electron chi connectivity index (χ1n) is 6.42. The zero-order valence-electron chi connectivity index (χ0n) is 12.3. The van der Waals surface area contributed by atoms with Crippen LogP contribution in [-0.4, -0.2) is 29.1 Å². The molecule has 0 saturated heterocycles. The predicted molar refractivity (Wildman–Crippen MR) is 77.1 cm³/mol. The van der Waals surface area contributed by atoms with E-state index in [1.54, 1.807) is 20.8 Å². The van der Waals surface area contributed by atoms with Gasteiger partial charge in [-0.1, -0.05) is 17.7 Å². The molecular weight excluding hydrogens is 323 g/mol. The fourth-order valence-corrected chi connectivity index (χ4v) is 1.75. The summed E-state index contributed by atoms with van der Waals surface area (Å²) in [5.74, 6) is 0. The van der Waals surface area contributed by atoms with E-state index in [0.29, 0.717) is 0 Å². The lowest BCUT2D eigenvalue weighted by molar-refractivity contribution is -0.203. The van der Waals surface area contributed by atoms with Gasteiger partial charge >= 0.3 is 12.3 Å². The summed E-state index contributed by atoms with van der Waals surface area (Å²) in [6.07, 6.45) is -8.81. The molecule has 1 rings (SSSR count). The normalized spacial score (nSPS) is 13.6. The van der Waals surface area contributed by atoms with E-state index in [0.717, 1.165) is 0 Å². The van der Waals surface area contributed by atoms with Crippen LogP contribution in [-0.2, 0) is 11.2 Å². The summed E-state index contributed by atoms with van der Waals surface area (Å²) in [7, 11) is 0. The van der Waals surface area contributed by atoms with E-state index in [4.69, 9.17) is 21.4 Å². The molecule has 1 aromatic rings. The van der Waals surface area contributed by atoms with E-state index in [1.807, 2.05) is 0 Å². The Kier molecular flexibility index (Phi) is 5.70. The summed E-state index contributed by atoms with van der Waals surface area (Å²) >= 11 is 5.78. The highest BCUT2D eigenvalue weighted by molar-refractivity contribution is 6.31. The minimum Gasteiger partial charge on any atom is -0.444 e. The lowest BCUT2D eigenvalue weighted by Gasteiger charge is -2.21. The Morgan fingerprint density at radius 1 is 1.36 bits per heavy atom. The van der Waals surface area contributed by atoms with Gasteiger partial charge in [0.15, 0.2) is 6.10 Å². The van der Waals surface area contributed by atoms with Crippen LogP contribution in [0.1, 0.15) is 26.3 Å². The average molecular weight is 340 g/mol. The number of aliphatic hydroxyl groups is 1. The van der Waals surface area contributed by atoms with Crippen molar-refractivity contribution in [2.75, 3.05) is 5.32 Å². The molecule has 0 heterocycles. The molecule has 1 amide bonds. The van der Waals surface area contributed by atoms with Gasteiger partial charge in [0, 0.05) is 17.1 Å². The zero-order chi connectivity index (χ0) is 17.1. The fraction of sp³-hybridized carbons (Fsp3) is 0.500. The summed E-state index contributed by atoms with van der Waals surface area (Å²) in [5, 5.41) is 11.7. The number of alkyl halides is 3. The molecular formula is C14H17ClF3NO3. The summed E-state index contributed by atoms with van der Waals surface area (Å²) in [6, 6.07) is 3.98. The Hall–Kier alpha value is -1.47. The van der Waals surface area contributed by atoms with Crippen LogP contribution < -0.4 is 5.32 Å². The highest BCUT2D eigenvalue weighted by atomic mass is 35.5. The quantitative estimate of drug-likeness (QED) is 0.869. The van der Waals surface area contributed by atoms with Gasteiger partial charge in [0.1, 0.15) is 5.60 Å². The van der Waals surface area contributed by atoms with Gasteiger partial charge in [0.25, 0.3) is 0 Å². The van der Waals surface area contributed by atoms with Crippen molar-refractivity contribution in [2.24, 2.45) is 0 Å². The molecule has 0 fully saturated rings. The second kappa shape index (κ2) is 6.75. The Morgan fingerprint density at radius 2 is 1.95 bits per heavy atom. The molecule has 0 saturated carbocycles. The van der Waals surface area contributed by atoms with Crippen molar-refractivity contribution >= 4 is 23.4 Å². The Morgan fingerprint density at radius 3 is 2.45 bits per heavy atom. The lowest BCUT2D eigenvalue weighted by Crippen LogP contribution is -2.31. The van der Waals surface area contributed by atoms with Crippen molar-refractivity contribution in [2.45, 2.75) is 45.1 Å². The second-order valence-corrected chi connectivity index (χ2v) is 6.13. The third-order valence-electron chi connectivity index (χ3n) is 2.50. The van der Waals surface area contributed by atoms with Gasteiger partial charge in [-0.05, 0) is 38.5 Å². The number of rotatable bonds is 3. The van der Waals surface area contributed by atoms with Gasteiger partial charge in [-0.2, -0.15) is 13.2 Å². The fourth-order valence-electron chi connectivity index (χ4n) is 1.58. The maximum atomic E-state index is 12.4. The number of nitrogens with one attached hydrogen (secondary N) is 1. The van der Waals surface area contributed by atoms with Crippen molar-refractivity contribution in [1.82, 2.24) is 0 Å². The topological polar surface area (TPSA) is 58.6 Å². The molecule has 8 heteroatoms. The molecule has 0 aliphatic rings. The molecule has 0 aliphatic heterocycles. The van der Waals surface area contributed by atoms with Crippen molar-refractivity contribution < 1.29 is 27.8 Å². The predicted octanol–water partition coefficient (Wildman–Crippen LogP) is 4.15. The second-order valence-electron chi connectivity index (χ2n) is 5.69. The number of carbonyl (C=O) groups excluding carboxylic acids is 1. The molecule has 1 aromatic carbocycles. The molecule has 2 N–H and O–H groups in total. The van der Waals surface area contributed by atoms with Crippen LogP contribution >= 0.6 is 11.6 Å². The van der Waals surface area contributed by atoms with E-state index in [-0.39, 0.29) is 16.3 Å². The number of carbonyl (C=O) groups is 1. The van der Waals surface area contributed by atoms with Crippen molar-refractivity contribution in [1.29, 1.82) is 0 Å². The molecule has 0 bridgehead atoms. The Labute approximate surface area is 131 Å². The standard InChI is InChI=1S/C14H17ClF3NO3/c1-13(2,3)22-12(21)19-10-7-9(15)5-4-8(10)6-11(20)14(16,17)18/h4-5,7,11,20H,6H2,1-3H3,(H,19,21). The molecule has 0 aromatic heterocycles. The van der Waals surface area contributed by atoms with E-state index < -0.39 is 30.4 Å². The first-order chi connectivity index (χ1) is 9.88. The molecule has 4 nitrogen and oxygen atoms in total. The number of ether oxygens (including phenoxy) is 1. The van der Waals surface area contributed by atoms with E-state index in [9.17, 15) is 18.0 Å². The molecule has 0 spiro atoms. The van der Waals surface area contributed by atoms with Crippen molar-refractivity contribution in [3.63, 3.8) is 0 Å². The summed E-state index contributed by atoms with van der Waals surface area (Å²) in [6.45, 7) is 4.95. The number of hydrogen-bond donors (Lipinski definition) is 2. The van der Waals surface area contributed by atoms with E-state index >= 15 is 0 Å². The first kappa shape index (κ1) is 18.6.